The molecule has 2 aromatic rings. The van der Waals surface area contributed by atoms with E-state index in [2.05, 4.69) is 5.32 Å². The first-order valence-corrected chi connectivity index (χ1v) is 7.04. The maximum absolute atomic E-state index is 12.8. The second-order valence-corrected chi connectivity index (χ2v) is 4.66. The van der Waals surface area contributed by atoms with Crippen LogP contribution in [-0.2, 0) is 4.79 Å². The number of carbonyl (C=O) groups excluding carboxylic acids is 1. The SMILES string of the molecule is CCOc1ccc(NC(=O)[C@H](C)Oc2ccc(F)cc2)cc1. The summed E-state index contributed by atoms with van der Waals surface area (Å²) in [7, 11) is 0. The van der Waals surface area contributed by atoms with E-state index >= 15 is 0 Å². The zero-order chi connectivity index (χ0) is 15.9. The number of ether oxygens (including phenoxy) is 2. The molecule has 5 heteroatoms. The van der Waals surface area contributed by atoms with Gasteiger partial charge >= 0.3 is 0 Å². The third-order valence-corrected chi connectivity index (χ3v) is 2.93. The monoisotopic (exact) mass is 303 g/mol. The summed E-state index contributed by atoms with van der Waals surface area (Å²) in [6.45, 7) is 4.13. The zero-order valence-corrected chi connectivity index (χ0v) is 12.5. The molecule has 0 spiro atoms. The zero-order valence-electron chi connectivity index (χ0n) is 12.5. The minimum absolute atomic E-state index is 0.284. The van der Waals surface area contributed by atoms with Crippen molar-refractivity contribution in [3.8, 4) is 11.5 Å². The lowest BCUT2D eigenvalue weighted by molar-refractivity contribution is -0.122. The molecule has 0 fully saturated rings. The highest BCUT2D eigenvalue weighted by Crippen LogP contribution is 2.17. The summed E-state index contributed by atoms with van der Waals surface area (Å²) in [5.41, 5.74) is 0.656. The van der Waals surface area contributed by atoms with E-state index in [1.807, 2.05) is 6.92 Å². The minimum atomic E-state index is -0.697. The Labute approximate surface area is 128 Å². The molecule has 1 N–H and O–H groups in total. The van der Waals surface area contributed by atoms with Gasteiger partial charge in [0.1, 0.15) is 17.3 Å². The molecule has 2 rings (SSSR count). The highest BCUT2D eigenvalue weighted by molar-refractivity contribution is 5.94. The molecule has 0 aliphatic heterocycles. The van der Waals surface area contributed by atoms with Crippen molar-refractivity contribution in [2.75, 3.05) is 11.9 Å². The first kappa shape index (κ1) is 15.8. The highest BCUT2D eigenvalue weighted by Gasteiger charge is 2.14. The van der Waals surface area contributed by atoms with Crippen molar-refractivity contribution in [3.63, 3.8) is 0 Å². The molecular formula is C17H18FNO3. The molecule has 0 heterocycles. The van der Waals surface area contributed by atoms with E-state index < -0.39 is 6.10 Å². The average molecular weight is 303 g/mol. The number of amides is 1. The van der Waals surface area contributed by atoms with Gasteiger partial charge in [0.2, 0.25) is 0 Å². The van der Waals surface area contributed by atoms with Crippen molar-refractivity contribution >= 4 is 11.6 Å². The van der Waals surface area contributed by atoms with Gasteiger partial charge in [-0.3, -0.25) is 4.79 Å². The van der Waals surface area contributed by atoms with Crippen molar-refractivity contribution < 1.29 is 18.7 Å². The fourth-order valence-electron chi connectivity index (χ4n) is 1.82. The Balaban J connectivity index is 1.91. The molecule has 0 aliphatic carbocycles. The first-order chi connectivity index (χ1) is 10.6. The minimum Gasteiger partial charge on any atom is -0.494 e. The molecule has 22 heavy (non-hydrogen) atoms. The van der Waals surface area contributed by atoms with Gasteiger partial charge in [0.05, 0.1) is 6.61 Å². The fourth-order valence-corrected chi connectivity index (χ4v) is 1.82. The molecule has 2 aromatic carbocycles. The summed E-state index contributed by atoms with van der Waals surface area (Å²) in [4.78, 5) is 12.1. The highest BCUT2D eigenvalue weighted by atomic mass is 19.1. The number of hydrogen-bond donors (Lipinski definition) is 1. The smallest absolute Gasteiger partial charge is 0.265 e. The van der Waals surface area contributed by atoms with E-state index in [0.717, 1.165) is 5.75 Å². The average Bonchev–Trinajstić information content (AvgIpc) is 2.51. The lowest BCUT2D eigenvalue weighted by atomic mass is 10.2. The van der Waals surface area contributed by atoms with Crippen molar-refractivity contribution in [2.24, 2.45) is 0 Å². The van der Waals surface area contributed by atoms with E-state index in [1.165, 1.54) is 24.3 Å². The number of carbonyl (C=O) groups is 1. The van der Waals surface area contributed by atoms with Gasteiger partial charge in [0, 0.05) is 5.69 Å². The van der Waals surface area contributed by atoms with E-state index in [9.17, 15) is 9.18 Å². The van der Waals surface area contributed by atoms with Crippen molar-refractivity contribution in [1.29, 1.82) is 0 Å². The maximum Gasteiger partial charge on any atom is 0.265 e. The van der Waals surface area contributed by atoms with Crippen LogP contribution in [-0.4, -0.2) is 18.6 Å². The normalized spacial score (nSPS) is 11.6. The lowest BCUT2D eigenvalue weighted by Crippen LogP contribution is -2.30. The van der Waals surface area contributed by atoms with Crippen LogP contribution in [0.2, 0.25) is 0 Å². The van der Waals surface area contributed by atoms with Gasteiger partial charge in [-0.05, 0) is 62.4 Å². The van der Waals surface area contributed by atoms with E-state index in [0.29, 0.717) is 18.0 Å². The quantitative estimate of drug-likeness (QED) is 0.886. The van der Waals surface area contributed by atoms with Crippen LogP contribution in [0.1, 0.15) is 13.8 Å². The fraction of sp³-hybridized carbons (Fsp3) is 0.235. The second kappa shape index (κ2) is 7.45. The van der Waals surface area contributed by atoms with Crippen LogP contribution in [0.5, 0.6) is 11.5 Å². The van der Waals surface area contributed by atoms with Crippen molar-refractivity contribution in [1.82, 2.24) is 0 Å². The van der Waals surface area contributed by atoms with Crippen molar-refractivity contribution in [3.05, 3.63) is 54.3 Å². The van der Waals surface area contributed by atoms with Crippen LogP contribution in [0.15, 0.2) is 48.5 Å². The Hall–Kier alpha value is -2.56. The molecule has 0 saturated carbocycles. The van der Waals surface area contributed by atoms with Crippen LogP contribution in [0, 0.1) is 5.82 Å². The predicted octanol–water partition coefficient (Wildman–Crippen LogP) is 3.63. The summed E-state index contributed by atoms with van der Waals surface area (Å²) < 4.78 is 23.6. The number of nitrogens with one attached hydrogen (secondary N) is 1. The van der Waals surface area contributed by atoms with Gasteiger partial charge in [0.15, 0.2) is 6.10 Å². The Kier molecular flexibility index (Phi) is 5.36. The van der Waals surface area contributed by atoms with Crippen molar-refractivity contribution in [2.45, 2.75) is 20.0 Å². The number of benzene rings is 2. The molecule has 0 bridgehead atoms. The Bertz CT molecular complexity index is 611. The summed E-state index contributed by atoms with van der Waals surface area (Å²) in [6.07, 6.45) is -0.697. The Morgan fingerprint density at radius 2 is 1.68 bits per heavy atom. The lowest BCUT2D eigenvalue weighted by Gasteiger charge is -2.15. The molecular weight excluding hydrogens is 285 g/mol. The topological polar surface area (TPSA) is 47.6 Å². The van der Waals surface area contributed by atoms with Crippen LogP contribution >= 0.6 is 0 Å². The molecule has 0 radical (unpaired) electrons. The van der Waals surface area contributed by atoms with Crippen LogP contribution in [0.25, 0.3) is 0 Å². The van der Waals surface area contributed by atoms with Gasteiger partial charge in [-0.15, -0.1) is 0 Å². The summed E-state index contributed by atoms with van der Waals surface area (Å²) >= 11 is 0. The van der Waals surface area contributed by atoms with Gasteiger partial charge < -0.3 is 14.8 Å². The summed E-state index contributed by atoms with van der Waals surface area (Å²) in [5.74, 6) is 0.555. The molecule has 116 valence electrons. The molecule has 0 saturated heterocycles. The number of anilines is 1. The third kappa shape index (κ3) is 4.48. The standard InChI is InChI=1S/C17H18FNO3/c1-3-21-15-10-6-14(7-11-15)19-17(20)12(2)22-16-8-4-13(18)5-9-16/h4-12H,3H2,1-2H3,(H,19,20)/t12-/m0/s1. The third-order valence-electron chi connectivity index (χ3n) is 2.93. The van der Waals surface area contributed by atoms with Gasteiger partial charge in [-0.25, -0.2) is 4.39 Å². The number of rotatable bonds is 6. The maximum atomic E-state index is 12.8. The second-order valence-electron chi connectivity index (χ2n) is 4.66. The predicted molar refractivity (Wildman–Crippen MR) is 82.7 cm³/mol. The van der Waals surface area contributed by atoms with Gasteiger partial charge in [-0.2, -0.15) is 0 Å². The Morgan fingerprint density at radius 3 is 2.27 bits per heavy atom. The molecule has 1 atom stereocenters. The largest absolute Gasteiger partial charge is 0.494 e. The first-order valence-electron chi connectivity index (χ1n) is 7.04. The Morgan fingerprint density at radius 1 is 1.09 bits per heavy atom. The van der Waals surface area contributed by atoms with Crippen LogP contribution in [0.3, 0.4) is 0 Å². The van der Waals surface area contributed by atoms with Crippen LogP contribution in [0.4, 0.5) is 10.1 Å². The molecule has 0 unspecified atom stereocenters. The number of halogens is 1. The molecule has 4 nitrogen and oxygen atoms in total. The van der Waals surface area contributed by atoms with E-state index in [4.69, 9.17) is 9.47 Å². The number of hydrogen-bond acceptors (Lipinski definition) is 3. The molecule has 0 aliphatic rings. The van der Waals surface area contributed by atoms with E-state index in [1.54, 1.807) is 31.2 Å². The summed E-state index contributed by atoms with van der Waals surface area (Å²) in [5, 5.41) is 2.75. The van der Waals surface area contributed by atoms with E-state index in [-0.39, 0.29) is 11.7 Å². The molecule has 0 aromatic heterocycles. The summed E-state index contributed by atoms with van der Waals surface area (Å²) in [6, 6.07) is 12.6. The molecule has 1 amide bonds. The van der Waals surface area contributed by atoms with Crippen LogP contribution < -0.4 is 14.8 Å². The van der Waals surface area contributed by atoms with Gasteiger partial charge in [0.25, 0.3) is 5.91 Å². The van der Waals surface area contributed by atoms with Gasteiger partial charge in [-0.1, -0.05) is 0 Å².